The van der Waals surface area contributed by atoms with Crippen LogP contribution in [0.15, 0.2) is 48.1 Å². The van der Waals surface area contributed by atoms with Gasteiger partial charge in [0.2, 0.25) is 0 Å². The molecule has 160 valence electrons. The first-order valence-corrected chi connectivity index (χ1v) is 10.2. The smallest absolute Gasteiger partial charge is 0.259 e. The fraction of sp³-hybridized carbons (Fsp3) is 0.286. The lowest BCUT2D eigenvalue weighted by atomic mass is 9.75. The van der Waals surface area contributed by atoms with Gasteiger partial charge in [0, 0.05) is 12.7 Å². The number of anilines is 1. The number of likely N-dealkylation sites (N-methyl/N-ethyl adjacent to an activating group) is 1. The lowest BCUT2D eigenvalue weighted by Crippen LogP contribution is -2.54. The van der Waals surface area contributed by atoms with Gasteiger partial charge in [0.25, 0.3) is 11.8 Å². The topological polar surface area (TPSA) is 89.3 Å². The third-order valence-electron chi connectivity index (χ3n) is 5.36. The molecular formula is C21H19ClFN5O2S. The van der Waals surface area contributed by atoms with Crippen LogP contribution in [0.4, 0.5) is 10.1 Å². The molecule has 1 aromatic rings. The third kappa shape index (κ3) is 3.73. The first kappa shape index (κ1) is 22.6. The van der Waals surface area contributed by atoms with Gasteiger partial charge < -0.3 is 10.2 Å². The summed E-state index contributed by atoms with van der Waals surface area (Å²) in [5.74, 6) is -1.48. The molecule has 31 heavy (non-hydrogen) atoms. The summed E-state index contributed by atoms with van der Waals surface area (Å²) in [7, 11) is 1.40. The fourth-order valence-corrected chi connectivity index (χ4v) is 4.30. The van der Waals surface area contributed by atoms with E-state index in [4.69, 9.17) is 29.1 Å². The van der Waals surface area contributed by atoms with Crippen LogP contribution in [0.5, 0.6) is 0 Å². The number of carbonyl (C=O) groups excluding carboxylic acids is 2. The number of nitrogens with one attached hydrogen (secondary N) is 1. The number of carbonyl (C=O) groups is 2. The van der Waals surface area contributed by atoms with Gasteiger partial charge >= 0.3 is 0 Å². The van der Waals surface area contributed by atoms with E-state index in [-0.39, 0.29) is 27.3 Å². The summed E-state index contributed by atoms with van der Waals surface area (Å²) in [6.07, 6.45) is 6.08. The molecule has 3 rings (SSSR count). The summed E-state index contributed by atoms with van der Waals surface area (Å²) in [5.41, 5.74) is -0.324. The van der Waals surface area contributed by atoms with Gasteiger partial charge in [-0.15, -0.1) is 0 Å². The average molecular weight is 460 g/mol. The van der Waals surface area contributed by atoms with E-state index in [0.29, 0.717) is 24.2 Å². The number of hydrogen-bond acceptors (Lipinski definition) is 5. The van der Waals surface area contributed by atoms with Crippen LogP contribution in [0, 0.1) is 11.3 Å². The molecule has 1 aliphatic carbocycles. The zero-order valence-electron chi connectivity index (χ0n) is 16.9. The van der Waals surface area contributed by atoms with Crippen LogP contribution >= 0.6 is 23.8 Å². The van der Waals surface area contributed by atoms with Crippen molar-refractivity contribution in [2.75, 3.05) is 11.9 Å². The summed E-state index contributed by atoms with van der Waals surface area (Å²) in [6.45, 7) is 5.18. The largest absolute Gasteiger partial charge is 0.355 e. The summed E-state index contributed by atoms with van der Waals surface area (Å²) in [5, 5.41) is 11.7. The first-order valence-electron chi connectivity index (χ1n) is 9.37. The number of aromatic nitrogens is 1. The highest BCUT2D eigenvalue weighted by Gasteiger charge is 2.59. The quantitative estimate of drug-likeness (QED) is 0.411. The normalized spacial score (nSPS) is 18.2. The van der Waals surface area contributed by atoms with Crippen LogP contribution in [0.1, 0.15) is 31.9 Å². The van der Waals surface area contributed by atoms with E-state index in [1.165, 1.54) is 43.3 Å². The Hall–Kier alpha value is -3.09. The number of pyridine rings is 1. The lowest BCUT2D eigenvalue weighted by molar-refractivity contribution is -0.128. The molecule has 10 heteroatoms. The van der Waals surface area contributed by atoms with Crippen LogP contribution in [0.2, 0.25) is 5.02 Å². The van der Waals surface area contributed by atoms with Gasteiger partial charge in [0.15, 0.2) is 10.8 Å². The molecule has 1 spiro atoms. The van der Waals surface area contributed by atoms with Crippen molar-refractivity contribution in [2.45, 2.75) is 31.7 Å². The number of halogens is 2. The Labute approximate surface area is 189 Å². The van der Waals surface area contributed by atoms with Gasteiger partial charge in [-0.25, -0.2) is 9.37 Å². The lowest BCUT2D eigenvalue weighted by Gasteiger charge is -2.43. The number of allylic oxidation sites excluding steroid dienone is 2. The molecule has 0 unspecified atom stereocenters. The minimum Gasteiger partial charge on any atom is -0.355 e. The van der Waals surface area contributed by atoms with Crippen molar-refractivity contribution < 1.29 is 14.0 Å². The summed E-state index contributed by atoms with van der Waals surface area (Å²) < 4.78 is 13.8. The predicted molar refractivity (Wildman–Crippen MR) is 119 cm³/mol. The highest BCUT2D eigenvalue weighted by molar-refractivity contribution is 7.80. The molecule has 1 aromatic heterocycles. The van der Waals surface area contributed by atoms with E-state index in [1.807, 2.05) is 6.07 Å². The number of thiocarbonyl (C=S) groups is 1. The summed E-state index contributed by atoms with van der Waals surface area (Å²) >= 11 is 11.7. The fourth-order valence-electron chi connectivity index (χ4n) is 3.62. The molecular weight excluding hydrogens is 441 g/mol. The minimum atomic E-state index is -0.902. The molecule has 0 radical (unpaired) electrons. The van der Waals surface area contributed by atoms with Gasteiger partial charge in [0.05, 0.1) is 22.5 Å². The standard InChI is InChI=1S/C21H19ClFN5O2S/c1-12(5-6-15(13(2)23)18(29)25-3)28-20(31)27(19(30)21(28)7-4-8-21)14-9-16(22)17(10-24)26-11-14/h5-6,9,11H,1,4,7-8H2,2-3H3,(H,25,29)/b6-5-,15-13-. The summed E-state index contributed by atoms with van der Waals surface area (Å²) in [4.78, 5) is 32.2. The first-order chi connectivity index (χ1) is 14.7. The molecule has 0 aromatic carbocycles. The van der Waals surface area contributed by atoms with Crippen LogP contribution in [-0.2, 0) is 9.59 Å². The van der Waals surface area contributed by atoms with E-state index >= 15 is 0 Å². The van der Waals surface area contributed by atoms with Crippen LogP contribution in [0.3, 0.4) is 0 Å². The van der Waals surface area contributed by atoms with Gasteiger partial charge in [0.1, 0.15) is 17.4 Å². The molecule has 1 aliphatic heterocycles. The summed E-state index contributed by atoms with van der Waals surface area (Å²) in [6, 6.07) is 3.33. The monoisotopic (exact) mass is 459 g/mol. The Balaban J connectivity index is 1.97. The SMILES string of the molecule is C=C(/C=C\C(C(=O)NC)=C(/C)F)N1C(=S)N(c2cnc(C#N)c(Cl)c2)C(=O)C12CCC2. The number of rotatable bonds is 5. The Morgan fingerprint density at radius 1 is 1.48 bits per heavy atom. The van der Waals surface area contributed by atoms with E-state index in [1.54, 1.807) is 4.90 Å². The average Bonchev–Trinajstić information content (AvgIpc) is 2.94. The maximum atomic E-state index is 13.8. The van der Waals surface area contributed by atoms with E-state index < -0.39 is 17.3 Å². The Kier molecular flexibility index (Phi) is 6.25. The number of nitriles is 1. The second-order valence-electron chi connectivity index (χ2n) is 7.13. The van der Waals surface area contributed by atoms with Gasteiger partial charge in [-0.2, -0.15) is 5.26 Å². The zero-order valence-corrected chi connectivity index (χ0v) is 18.5. The molecule has 2 amide bonds. The van der Waals surface area contributed by atoms with Crippen molar-refractivity contribution in [3.05, 3.63) is 58.8 Å². The molecule has 1 saturated carbocycles. The van der Waals surface area contributed by atoms with Crippen LogP contribution < -0.4 is 10.2 Å². The van der Waals surface area contributed by atoms with Crippen LogP contribution in [0.25, 0.3) is 0 Å². The second kappa shape index (κ2) is 8.57. The number of nitrogens with zero attached hydrogens (tertiary/aromatic N) is 4. The van der Waals surface area contributed by atoms with Gasteiger partial charge in [-0.3, -0.25) is 14.5 Å². The maximum absolute atomic E-state index is 13.8. The molecule has 2 heterocycles. The molecule has 7 nitrogen and oxygen atoms in total. The Morgan fingerprint density at radius 2 is 2.16 bits per heavy atom. The van der Waals surface area contributed by atoms with Crippen LogP contribution in [-0.4, -0.2) is 39.4 Å². The zero-order chi connectivity index (χ0) is 22.9. The highest BCUT2D eigenvalue weighted by Crippen LogP contribution is 2.47. The number of hydrogen-bond donors (Lipinski definition) is 1. The van der Waals surface area contributed by atoms with Crippen molar-refractivity contribution in [3.63, 3.8) is 0 Å². The Morgan fingerprint density at radius 3 is 2.65 bits per heavy atom. The second-order valence-corrected chi connectivity index (χ2v) is 7.90. The highest BCUT2D eigenvalue weighted by atomic mass is 35.5. The molecule has 2 aliphatic rings. The molecule has 0 atom stereocenters. The molecule has 1 N–H and O–H groups in total. The van der Waals surface area contributed by atoms with Crippen molar-refractivity contribution >= 4 is 46.4 Å². The van der Waals surface area contributed by atoms with E-state index in [2.05, 4.69) is 16.9 Å². The predicted octanol–water partition coefficient (Wildman–Crippen LogP) is 3.52. The van der Waals surface area contributed by atoms with Crippen molar-refractivity contribution in [1.29, 1.82) is 5.26 Å². The molecule has 1 saturated heterocycles. The van der Waals surface area contributed by atoms with Gasteiger partial charge in [-0.1, -0.05) is 18.2 Å². The Bertz CT molecular complexity index is 1100. The van der Waals surface area contributed by atoms with Gasteiger partial charge in [-0.05, 0) is 56.6 Å². The number of amides is 2. The molecule has 2 fully saturated rings. The maximum Gasteiger partial charge on any atom is 0.259 e. The van der Waals surface area contributed by atoms with Crippen molar-refractivity contribution in [1.82, 2.24) is 15.2 Å². The minimum absolute atomic E-state index is 0.0423. The molecule has 0 bridgehead atoms. The van der Waals surface area contributed by atoms with E-state index in [9.17, 15) is 14.0 Å². The van der Waals surface area contributed by atoms with Crippen molar-refractivity contribution in [3.8, 4) is 6.07 Å². The van der Waals surface area contributed by atoms with E-state index in [0.717, 1.165) is 6.42 Å². The third-order valence-corrected chi connectivity index (χ3v) is 6.01. The van der Waals surface area contributed by atoms with Crippen molar-refractivity contribution in [2.24, 2.45) is 0 Å².